The molecule has 5 heteroatoms. The lowest BCUT2D eigenvalue weighted by Gasteiger charge is -2.41. The van der Waals surface area contributed by atoms with E-state index in [-0.39, 0.29) is 0 Å². The molecular weight excluding hydrogens is 290 g/mol. The molecule has 0 aromatic heterocycles. The van der Waals surface area contributed by atoms with E-state index in [2.05, 4.69) is 33.0 Å². The molecule has 0 saturated carbocycles. The lowest BCUT2D eigenvalue weighted by molar-refractivity contribution is 0.278. The quantitative estimate of drug-likeness (QED) is 0.883. The smallest absolute Gasteiger partial charge is 0.0502 e. The first-order valence-electron chi connectivity index (χ1n) is 5.26. The van der Waals surface area contributed by atoms with Crippen molar-refractivity contribution in [1.82, 2.24) is 4.90 Å². The molecule has 1 heterocycles. The van der Waals surface area contributed by atoms with E-state index in [9.17, 15) is 9.11 Å². The molecule has 0 amide bonds. The van der Waals surface area contributed by atoms with Crippen LogP contribution in [0.25, 0.3) is 0 Å². The van der Waals surface area contributed by atoms with Gasteiger partial charge in [-0.05, 0) is 17.7 Å². The number of nitrogens with zero attached hydrogens (tertiary/aromatic N) is 1. The molecule has 2 N–H and O–H groups in total. The summed E-state index contributed by atoms with van der Waals surface area (Å²) in [5, 5.41) is 0. The molecule has 1 saturated heterocycles. The average Bonchev–Trinajstić information content (AvgIpc) is 2.24. The molecule has 1 aromatic carbocycles. The minimum absolute atomic E-state index is 0.517. The molecule has 1 aliphatic heterocycles. The Kier molecular flexibility index (Phi) is 3.92. The molecule has 0 bridgehead atoms. The standard InChI is InChI=1S/C11H16BrNO2S/c12-11-3-1-10(2-4-11)9-13-5-7-16(14,15)8-6-13/h1-4,14-15H,5-9H2. The number of rotatable bonds is 2. The molecule has 0 unspecified atom stereocenters. The predicted molar refractivity (Wildman–Crippen MR) is 72.0 cm³/mol. The predicted octanol–water partition coefficient (Wildman–Crippen LogP) is 3.02. The fourth-order valence-corrected chi connectivity index (χ4v) is 3.34. The molecular formula is C11H16BrNO2S. The highest BCUT2D eigenvalue weighted by atomic mass is 79.9. The van der Waals surface area contributed by atoms with Crippen molar-refractivity contribution >= 4 is 26.5 Å². The van der Waals surface area contributed by atoms with Crippen molar-refractivity contribution in [3.63, 3.8) is 0 Å². The van der Waals surface area contributed by atoms with Crippen LogP contribution in [0.1, 0.15) is 5.56 Å². The number of hydrogen-bond acceptors (Lipinski definition) is 3. The van der Waals surface area contributed by atoms with Gasteiger partial charge in [-0.15, -0.1) is 0 Å². The van der Waals surface area contributed by atoms with E-state index in [1.54, 1.807) is 0 Å². The van der Waals surface area contributed by atoms with Crippen molar-refractivity contribution in [3.05, 3.63) is 34.3 Å². The second-order valence-corrected chi connectivity index (χ2v) is 7.45. The van der Waals surface area contributed by atoms with Crippen LogP contribution in [0.3, 0.4) is 0 Å². The third-order valence-electron chi connectivity index (χ3n) is 2.79. The minimum atomic E-state index is -2.26. The van der Waals surface area contributed by atoms with Crippen LogP contribution in [0.4, 0.5) is 0 Å². The van der Waals surface area contributed by atoms with Crippen LogP contribution >= 0.6 is 26.5 Å². The van der Waals surface area contributed by atoms with Gasteiger partial charge in [0.15, 0.2) is 0 Å². The summed E-state index contributed by atoms with van der Waals surface area (Å²) in [4.78, 5) is 2.26. The maximum Gasteiger partial charge on any atom is 0.0502 e. The zero-order chi connectivity index (χ0) is 11.6. The van der Waals surface area contributed by atoms with Gasteiger partial charge in [0.25, 0.3) is 0 Å². The minimum Gasteiger partial charge on any atom is -0.299 e. The summed E-state index contributed by atoms with van der Waals surface area (Å²) < 4.78 is 20.1. The highest BCUT2D eigenvalue weighted by Crippen LogP contribution is 2.40. The van der Waals surface area contributed by atoms with E-state index in [4.69, 9.17) is 0 Å². The summed E-state index contributed by atoms with van der Waals surface area (Å²) in [7, 11) is -2.26. The summed E-state index contributed by atoms with van der Waals surface area (Å²) in [6.45, 7) is 2.44. The second-order valence-electron chi connectivity index (χ2n) is 4.11. The van der Waals surface area contributed by atoms with Crippen molar-refractivity contribution in [3.8, 4) is 0 Å². The molecule has 0 radical (unpaired) electrons. The summed E-state index contributed by atoms with van der Waals surface area (Å²) in [6.07, 6.45) is 0. The first kappa shape index (κ1) is 12.4. The highest BCUT2D eigenvalue weighted by Gasteiger charge is 2.21. The zero-order valence-corrected chi connectivity index (χ0v) is 11.4. The molecule has 2 rings (SSSR count). The van der Waals surface area contributed by atoms with Crippen LogP contribution in [-0.2, 0) is 6.54 Å². The van der Waals surface area contributed by atoms with Crippen LogP contribution in [0, 0.1) is 0 Å². The van der Waals surface area contributed by atoms with Crippen molar-refractivity contribution in [1.29, 1.82) is 0 Å². The van der Waals surface area contributed by atoms with E-state index >= 15 is 0 Å². The maximum absolute atomic E-state index is 9.50. The Morgan fingerprint density at radius 3 is 2.25 bits per heavy atom. The van der Waals surface area contributed by atoms with Crippen molar-refractivity contribution in [2.24, 2.45) is 0 Å². The molecule has 0 atom stereocenters. The molecule has 3 nitrogen and oxygen atoms in total. The molecule has 90 valence electrons. The van der Waals surface area contributed by atoms with Gasteiger partial charge < -0.3 is 0 Å². The lowest BCUT2D eigenvalue weighted by atomic mass is 10.2. The largest absolute Gasteiger partial charge is 0.299 e. The fraction of sp³-hybridized carbons (Fsp3) is 0.455. The van der Waals surface area contributed by atoms with Gasteiger partial charge in [0.1, 0.15) is 0 Å². The van der Waals surface area contributed by atoms with Crippen molar-refractivity contribution < 1.29 is 9.11 Å². The van der Waals surface area contributed by atoms with Gasteiger partial charge in [-0.2, -0.15) is 10.6 Å². The SMILES string of the molecule is OS1(O)CCN(Cc2ccc(Br)cc2)CC1. The van der Waals surface area contributed by atoms with Crippen LogP contribution in [-0.4, -0.2) is 38.6 Å². The summed E-state index contributed by atoms with van der Waals surface area (Å²) in [5.74, 6) is 1.03. The Morgan fingerprint density at radius 1 is 1.12 bits per heavy atom. The van der Waals surface area contributed by atoms with Crippen LogP contribution in [0.5, 0.6) is 0 Å². The third-order valence-corrected chi connectivity index (χ3v) is 4.99. The monoisotopic (exact) mass is 305 g/mol. The Labute approximate surface area is 106 Å². The van der Waals surface area contributed by atoms with Crippen molar-refractivity contribution in [2.45, 2.75) is 6.54 Å². The Hall–Kier alpha value is -0.0700. The van der Waals surface area contributed by atoms with Gasteiger partial charge in [0, 0.05) is 24.1 Å². The Balaban J connectivity index is 1.89. The maximum atomic E-state index is 9.50. The van der Waals surface area contributed by atoms with Gasteiger partial charge in [0.2, 0.25) is 0 Å². The lowest BCUT2D eigenvalue weighted by Crippen LogP contribution is -2.37. The third kappa shape index (κ3) is 3.46. The van der Waals surface area contributed by atoms with Crippen molar-refractivity contribution in [2.75, 3.05) is 24.6 Å². The summed E-state index contributed by atoms with van der Waals surface area (Å²) >= 11 is 3.41. The molecule has 16 heavy (non-hydrogen) atoms. The van der Waals surface area contributed by atoms with E-state index in [0.717, 1.165) is 24.1 Å². The fourth-order valence-electron chi connectivity index (χ4n) is 1.77. The first-order valence-corrected chi connectivity index (χ1v) is 7.93. The van der Waals surface area contributed by atoms with Gasteiger partial charge in [-0.3, -0.25) is 14.0 Å². The van der Waals surface area contributed by atoms with E-state index in [1.165, 1.54) is 5.56 Å². The molecule has 1 aromatic rings. The molecule has 0 aliphatic carbocycles. The first-order chi connectivity index (χ1) is 7.55. The van der Waals surface area contributed by atoms with Crippen LogP contribution in [0.15, 0.2) is 28.7 Å². The summed E-state index contributed by atoms with van der Waals surface area (Å²) in [6, 6.07) is 8.26. The van der Waals surface area contributed by atoms with Crippen LogP contribution < -0.4 is 0 Å². The number of benzene rings is 1. The highest BCUT2D eigenvalue weighted by molar-refractivity contribution is 9.10. The van der Waals surface area contributed by atoms with Gasteiger partial charge in [-0.25, -0.2) is 0 Å². The van der Waals surface area contributed by atoms with Gasteiger partial charge in [-0.1, -0.05) is 28.1 Å². The van der Waals surface area contributed by atoms with Gasteiger partial charge in [0.05, 0.1) is 11.5 Å². The Morgan fingerprint density at radius 2 is 1.69 bits per heavy atom. The molecule has 1 fully saturated rings. The summed E-state index contributed by atoms with van der Waals surface area (Å²) in [5.41, 5.74) is 1.27. The molecule has 1 aliphatic rings. The van der Waals surface area contributed by atoms with E-state index in [0.29, 0.717) is 11.5 Å². The Bertz CT molecular complexity index is 346. The van der Waals surface area contributed by atoms with Gasteiger partial charge >= 0.3 is 0 Å². The molecule has 0 spiro atoms. The zero-order valence-electron chi connectivity index (χ0n) is 8.97. The van der Waals surface area contributed by atoms with E-state index in [1.807, 2.05) is 12.1 Å². The number of hydrogen-bond donors (Lipinski definition) is 2. The average molecular weight is 306 g/mol. The van der Waals surface area contributed by atoms with Crippen LogP contribution in [0.2, 0.25) is 0 Å². The van der Waals surface area contributed by atoms with E-state index < -0.39 is 10.6 Å². The normalized spacial score (nSPS) is 22.9. The topological polar surface area (TPSA) is 43.7 Å². The number of halogens is 1. The second kappa shape index (κ2) is 5.06.